The summed E-state index contributed by atoms with van der Waals surface area (Å²) < 4.78 is 0. The summed E-state index contributed by atoms with van der Waals surface area (Å²) in [5.74, 6) is 0. The van der Waals surface area contributed by atoms with Crippen molar-refractivity contribution in [3.63, 3.8) is 0 Å². The van der Waals surface area contributed by atoms with Crippen molar-refractivity contribution >= 4 is 11.3 Å². The molecule has 2 unspecified atom stereocenters. The minimum absolute atomic E-state index is 0.0608. The van der Waals surface area contributed by atoms with Gasteiger partial charge in [-0.1, -0.05) is 0 Å². The van der Waals surface area contributed by atoms with Crippen molar-refractivity contribution in [2.24, 2.45) is 5.73 Å². The second-order valence-electron chi connectivity index (χ2n) is 4.60. The van der Waals surface area contributed by atoms with Gasteiger partial charge >= 0.3 is 0 Å². The molecular formula is C13H21N3S. The summed E-state index contributed by atoms with van der Waals surface area (Å²) in [7, 11) is 0. The van der Waals surface area contributed by atoms with Crippen LogP contribution in [-0.2, 0) is 0 Å². The monoisotopic (exact) mass is 251 g/mol. The maximum absolute atomic E-state index is 8.74. The summed E-state index contributed by atoms with van der Waals surface area (Å²) >= 11 is 1.69. The first kappa shape index (κ1) is 14.2. The Labute approximate surface area is 108 Å². The van der Waals surface area contributed by atoms with Crippen molar-refractivity contribution in [2.75, 3.05) is 6.54 Å². The Morgan fingerprint density at radius 1 is 1.47 bits per heavy atom. The van der Waals surface area contributed by atoms with Gasteiger partial charge in [0, 0.05) is 25.0 Å². The first-order valence-corrected chi connectivity index (χ1v) is 6.92. The zero-order chi connectivity index (χ0) is 12.8. The largest absolute Gasteiger partial charge is 0.326 e. The van der Waals surface area contributed by atoms with Crippen molar-refractivity contribution in [2.45, 2.75) is 45.3 Å². The van der Waals surface area contributed by atoms with Crippen LogP contribution < -0.4 is 5.73 Å². The molecule has 0 bridgehead atoms. The van der Waals surface area contributed by atoms with Crippen LogP contribution in [0.25, 0.3) is 0 Å². The van der Waals surface area contributed by atoms with Crippen LogP contribution in [0.4, 0.5) is 0 Å². The van der Waals surface area contributed by atoms with Gasteiger partial charge in [-0.3, -0.25) is 4.90 Å². The third-order valence-corrected chi connectivity index (χ3v) is 3.59. The molecule has 0 aliphatic carbocycles. The average Bonchev–Trinajstić information content (AvgIpc) is 2.76. The highest BCUT2D eigenvalue weighted by Crippen LogP contribution is 2.27. The van der Waals surface area contributed by atoms with Gasteiger partial charge in [-0.25, -0.2) is 0 Å². The maximum atomic E-state index is 8.74. The van der Waals surface area contributed by atoms with Gasteiger partial charge in [0.2, 0.25) is 0 Å². The molecule has 1 aromatic heterocycles. The van der Waals surface area contributed by atoms with E-state index < -0.39 is 0 Å². The summed E-state index contributed by atoms with van der Waals surface area (Å²) in [6.45, 7) is 7.11. The van der Waals surface area contributed by atoms with E-state index in [2.05, 4.69) is 41.6 Å². The minimum atomic E-state index is 0.0608. The number of nitrogens with two attached hydrogens (primary N) is 1. The molecule has 1 rings (SSSR count). The highest BCUT2D eigenvalue weighted by molar-refractivity contribution is 7.07. The molecule has 2 N–H and O–H groups in total. The molecule has 0 fully saturated rings. The van der Waals surface area contributed by atoms with Crippen LogP contribution in [0.15, 0.2) is 16.8 Å². The summed E-state index contributed by atoms with van der Waals surface area (Å²) in [6, 6.07) is 4.99. The summed E-state index contributed by atoms with van der Waals surface area (Å²) in [5.41, 5.74) is 7.38. The van der Waals surface area contributed by atoms with Crippen LogP contribution in [-0.4, -0.2) is 23.5 Å². The van der Waals surface area contributed by atoms with Crippen LogP contribution in [0.5, 0.6) is 0 Å². The lowest BCUT2D eigenvalue weighted by Crippen LogP contribution is -2.43. The Kier molecular flexibility index (Phi) is 5.63. The van der Waals surface area contributed by atoms with Gasteiger partial charge < -0.3 is 5.73 Å². The smallest absolute Gasteiger partial charge is 0.0635 e. The fraction of sp³-hybridized carbons (Fsp3) is 0.615. The minimum Gasteiger partial charge on any atom is -0.326 e. The number of rotatable bonds is 6. The molecule has 0 saturated carbocycles. The van der Waals surface area contributed by atoms with Crippen molar-refractivity contribution in [1.29, 1.82) is 5.26 Å². The lowest BCUT2D eigenvalue weighted by atomic mass is 10.0. The normalized spacial score (nSPS) is 14.9. The lowest BCUT2D eigenvalue weighted by Gasteiger charge is -2.36. The predicted octanol–water partition coefficient (Wildman–Crippen LogP) is 2.76. The molecule has 0 aliphatic heterocycles. The zero-order valence-electron chi connectivity index (χ0n) is 10.8. The summed E-state index contributed by atoms with van der Waals surface area (Å²) in [6.07, 6.45) is 0.547. The van der Waals surface area contributed by atoms with Crippen LogP contribution >= 0.6 is 11.3 Å². The number of hydrogen-bond acceptors (Lipinski definition) is 4. The molecule has 0 saturated heterocycles. The van der Waals surface area contributed by atoms with Crippen molar-refractivity contribution in [3.8, 4) is 6.07 Å². The van der Waals surface area contributed by atoms with E-state index in [1.54, 1.807) is 11.3 Å². The fourth-order valence-electron chi connectivity index (χ4n) is 2.14. The first-order valence-electron chi connectivity index (χ1n) is 5.98. The molecule has 4 heteroatoms. The van der Waals surface area contributed by atoms with Crippen LogP contribution in [0.1, 0.15) is 38.8 Å². The third-order valence-electron chi connectivity index (χ3n) is 2.89. The molecular weight excluding hydrogens is 230 g/mol. The molecule has 17 heavy (non-hydrogen) atoms. The Bertz CT molecular complexity index is 351. The van der Waals surface area contributed by atoms with Gasteiger partial charge in [-0.05, 0) is 43.2 Å². The number of nitriles is 1. The number of hydrogen-bond donors (Lipinski definition) is 1. The van der Waals surface area contributed by atoms with Gasteiger partial charge in [0.15, 0.2) is 0 Å². The zero-order valence-corrected chi connectivity index (χ0v) is 11.6. The Morgan fingerprint density at radius 3 is 2.59 bits per heavy atom. The van der Waals surface area contributed by atoms with Gasteiger partial charge in [0.1, 0.15) is 0 Å². The Morgan fingerprint density at radius 2 is 2.18 bits per heavy atom. The van der Waals surface area contributed by atoms with E-state index >= 15 is 0 Å². The molecule has 1 heterocycles. The maximum Gasteiger partial charge on any atom is 0.0635 e. The van der Waals surface area contributed by atoms with Gasteiger partial charge in [-0.15, -0.1) is 0 Å². The van der Waals surface area contributed by atoms with Gasteiger partial charge in [-0.2, -0.15) is 16.6 Å². The van der Waals surface area contributed by atoms with Crippen molar-refractivity contribution < 1.29 is 0 Å². The van der Waals surface area contributed by atoms with E-state index in [9.17, 15) is 0 Å². The van der Waals surface area contributed by atoms with E-state index in [0.717, 1.165) is 6.54 Å². The SMILES string of the molecule is CC(N)C(c1ccsc1)N(CCC#N)C(C)C. The number of thiophene rings is 1. The highest BCUT2D eigenvalue weighted by Gasteiger charge is 2.26. The molecule has 2 atom stereocenters. The molecule has 0 spiro atoms. The fourth-order valence-corrected chi connectivity index (χ4v) is 2.83. The lowest BCUT2D eigenvalue weighted by molar-refractivity contribution is 0.139. The predicted molar refractivity (Wildman–Crippen MR) is 72.8 cm³/mol. The van der Waals surface area contributed by atoms with E-state index in [1.807, 2.05) is 6.92 Å². The molecule has 0 amide bonds. The van der Waals surface area contributed by atoms with E-state index in [1.165, 1.54) is 5.56 Å². The Hall–Kier alpha value is -0.890. The van der Waals surface area contributed by atoms with Gasteiger partial charge in [0.25, 0.3) is 0 Å². The van der Waals surface area contributed by atoms with Gasteiger partial charge in [0.05, 0.1) is 12.1 Å². The van der Waals surface area contributed by atoms with Crippen LogP contribution in [0, 0.1) is 11.3 Å². The molecule has 0 aromatic carbocycles. The van der Waals surface area contributed by atoms with Crippen molar-refractivity contribution in [3.05, 3.63) is 22.4 Å². The second kappa shape index (κ2) is 6.75. The third kappa shape index (κ3) is 3.81. The van der Waals surface area contributed by atoms with Crippen molar-refractivity contribution in [1.82, 2.24) is 4.90 Å². The number of nitrogens with zero attached hydrogens (tertiary/aromatic N) is 2. The highest BCUT2D eigenvalue weighted by atomic mass is 32.1. The topological polar surface area (TPSA) is 53.0 Å². The molecule has 0 radical (unpaired) electrons. The summed E-state index contributed by atoms with van der Waals surface area (Å²) in [5, 5.41) is 13.0. The first-order chi connectivity index (χ1) is 8.07. The van der Waals surface area contributed by atoms with E-state index in [4.69, 9.17) is 11.0 Å². The Balaban J connectivity index is 2.90. The van der Waals surface area contributed by atoms with E-state index in [0.29, 0.717) is 12.5 Å². The quantitative estimate of drug-likeness (QED) is 0.846. The van der Waals surface area contributed by atoms with E-state index in [-0.39, 0.29) is 12.1 Å². The molecule has 1 aromatic rings. The van der Waals surface area contributed by atoms with Crippen LogP contribution in [0.2, 0.25) is 0 Å². The average molecular weight is 251 g/mol. The second-order valence-corrected chi connectivity index (χ2v) is 5.38. The molecule has 0 aliphatic rings. The summed E-state index contributed by atoms with van der Waals surface area (Å²) in [4.78, 5) is 2.32. The van der Waals surface area contributed by atoms with Crippen LogP contribution in [0.3, 0.4) is 0 Å². The molecule has 94 valence electrons. The molecule has 3 nitrogen and oxygen atoms in total. The standard InChI is InChI=1S/C13H21N3S/c1-10(2)16(7-4-6-14)13(11(3)15)12-5-8-17-9-12/h5,8-11,13H,4,7,15H2,1-3H3.